The summed E-state index contributed by atoms with van der Waals surface area (Å²) in [5.41, 5.74) is 12.3. The molecular weight excluding hydrogens is 528 g/mol. The lowest BCUT2D eigenvalue weighted by atomic mass is 9.94. The molecule has 1 aliphatic rings. The number of benzene rings is 2. The van der Waals surface area contributed by atoms with Gasteiger partial charge in [0.2, 0.25) is 11.8 Å². The van der Waals surface area contributed by atoms with Crippen LogP contribution in [0.25, 0.3) is 0 Å². The molecule has 220 valence electrons. The number of ether oxygens (including phenoxy) is 1. The van der Waals surface area contributed by atoms with E-state index in [0.29, 0.717) is 32.4 Å². The Hall–Kier alpha value is -4.61. The Balaban J connectivity index is 1.55. The number of nitrogens with one attached hydrogen (secondary N) is 2. The number of nitrogens with two attached hydrogens (primary N) is 2. The van der Waals surface area contributed by atoms with E-state index in [1.807, 2.05) is 60.7 Å². The van der Waals surface area contributed by atoms with Crippen molar-refractivity contribution in [2.24, 2.45) is 22.4 Å². The summed E-state index contributed by atoms with van der Waals surface area (Å²) in [6.07, 6.45) is 0.898. The first kappa shape index (κ1) is 30.9. The third-order valence-corrected chi connectivity index (χ3v) is 6.82. The Kier molecular flexibility index (Phi) is 12.0. The van der Waals surface area contributed by atoms with Gasteiger partial charge in [0.05, 0.1) is 0 Å². The first-order valence-corrected chi connectivity index (χ1v) is 13.6. The minimum atomic E-state index is -1.13. The lowest BCUT2D eigenvalue weighted by molar-refractivity contribution is -0.143. The van der Waals surface area contributed by atoms with Crippen LogP contribution >= 0.6 is 0 Å². The van der Waals surface area contributed by atoms with Crippen LogP contribution in [0, 0.1) is 5.92 Å². The highest BCUT2D eigenvalue weighted by molar-refractivity contribution is 5.87. The molecule has 2 aromatic carbocycles. The standard InChI is InChI=1S/C29H38N6O6/c30-28(31)32-15-7-12-23(27(38)39)33-25(36)22-13-16-35(17-14-22)26(37)24(18-20-8-3-1-4-9-20)34-29(40)41-19-21-10-5-2-6-11-21/h1-6,8-11,22-24H,7,12-19H2,(H,33,36)(H,34,40)(H,38,39)(H4,30,31,32)/t23-,24-/m1/s1. The Bertz CT molecular complexity index is 1180. The van der Waals surface area contributed by atoms with Crippen molar-refractivity contribution in [3.63, 3.8) is 0 Å². The molecule has 1 aliphatic heterocycles. The molecule has 7 N–H and O–H groups in total. The van der Waals surface area contributed by atoms with Crippen molar-refractivity contribution in [2.75, 3.05) is 19.6 Å². The quantitative estimate of drug-likeness (QED) is 0.136. The molecule has 2 atom stereocenters. The molecule has 12 nitrogen and oxygen atoms in total. The second-order valence-electron chi connectivity index (χ2n) is 9.90. The van der Waals surface area contributed by atoms with E-state index in [1.165, 1.54) is 0 Å². The molecule has 3 amide bonds. The molecule has 0 spiro atoms. The molecule has 1 saturated heterocycles. The number of carbonyl (C=O) groups excluding carboxylic acids is 3. The predicted molar refractivity (Wildman–Crippen MR) is 152 cm³/mol. The van der Waals surface area contributed by atoms with E-state index in [-0.39, 0.29) is 43.8 Å². The van der Waals surface area contributed by atoms with Gasteiger partial charge in [-0.05, 0) is 36.8 Å². The molecule has 0 aliphatic carbocycles. The number of alkyl carbamates (subject to hydrolysis) is 1. The number of carboxylic acids is 1. The van der Waals surface area contributed by atoms with Crippen LogP contribution in [-0.4, -0.2) is 71.6 Å². The molecule has 1 heterocycles. The zero-order valence-corrected chi connectivity index (χ0v) is 22.9. The van der Waals surface area contributed by atoms with Gasteiger partial charge in [0, 0.05) is 32.0 Å². The van der Waals surface area contributed by atoms with E-state index in [4.69, 9.17) is 16.2 Å². The van der Waals surface area contributed by atoms with E-state index < -0.39 is 30.1 Å². The fourth-order valence-corrected chi connectivity index (χ4v) is 4.59. The van der Waals surface area contributed by atoms with E-state index in [2.05, 4.69) is 15.6 Å². The van der Waals surface area contributed by atoms with Gasteiger partial charge in [-0.3, -0.25) is 14.6 Å². The van der Waals surface area contributed by atoms with Crippen molar-refractivity contribution in [2.45, 2.75) is 50.8 Å². The van der Waals surface area contributed by atoms with Crippen molar-refractivity contribution in [1.29, 1.82) is 0 Å². The minimum absolute atomic E-state index is 0.0745. The maximum absolute atomic E-state index is 13.5. The average Bonchev–Trinajstić information content (AvgIpc) is 2.97. The van der Waals surface area contributed by atoms with Gasteiger partial charge in [-0.1, -0.05) is 60.7 Å². The van der Waals surface area contributed by atoms with Crippen LogP contribution in [-0.2, 0) is 32.1 Å². The molecule has 0 aromatic heterocycles. The lowest BCUT2D eigenvalue weighted by Gasteiger charge is -2.34. The maximum atomic E-state index is 13.5. The van der Waals surface area contributed by atoms with Crippen LogP contribution in [0.1, 0.15) is 36.8 Å². The maximum Gasteiger partial charge on any atom is 0.408 e. The molecular formula is C29H38N6O6. The number of rotatable bonds is 13. The van der Waals surface area contributed by atoms with Crippen molar-refractivity contribution in [3.05, 3.63) is 71.8 Å². The third-order valence-electron chi connectivity index (χ3n) is 6.82. The number of carbonyl (C=O) groups is 4. The predicted octanol–water partition coefficient (Wildman–Crippen LogP) is 1.39. The van der Waals surface area contributed by atoms with E-state index in [1.54, 1.807) is 4.90 Å². The fraction of sp³-hybridized carbons (Fsp3) is 0.414. The van der Waals surface area contributed by atoms with Crippen molar-refractivity contribution >= 4 is 29.8 Å². The van der Waals surface area contributed by atoms with Crippen molar-refractivity contribution < 1.29 is 29.0 Å². The number of likely N-dealkylation sites (tertiary alicyclic amines) is 1. The number of amides is 3. The van der Waals surface area contributed by atoms with E-state index >= 15 is 0 Å². The summed E-state index contributed by atoms with van der Waals surface area (Å²) in [4.78, 5) is 56.0. The summed E-state index contributed by atoms with van der Waals surface area (Å²) >= 11 is 0. The monoisotopic (exact) mass is 566 g/mol. The van der Waals surface area contributed by atoms with Gasteiger partial charge in [-0.15, -0.1) is 0 Å². The number of guanidine groups is 1. The number of hydrogen-bond acceptors (Lipinski definition) is 6. The zero-order chi connectivity index (χ0) is 29.6. The molecule has 1 fully saturated rings. The topological polar surface area (TPSA) is 189 Å². The fourth-order valence-electron chi connectivity index (χ4n) is 4.59. The van der Waals surface area contributed by atoms with Gasteiger partial charge in [0.1, 0.15) is 18.7 Å². The van der Waals surface area contributed by atoms with Gasteiger partial charge in [0.25, 0.3) is 0 Å². The molecule has 3 rings (SSSR count). The molecule has 2 aromatic rings. The van der Waals surface area contributed by atoms with Crippen molar-refractivity contribution in [3.8, 4) is 0 Å². The number of aliphatic carboxylic acids is 1. The molecule has 0 radical (unpaired) electrons. The number of piperidine rings is 1. The largest absolute Gasteiger partial charge is 0.480 e. The van der Waals surface area contributed by atoms with Crippen LogP contribution < -0.4 is 22.1 Å². The Morgan fingerprint density at radius 3 is 2.12 bits per heavy atom. The lowest BCUT2D eigenvalue weighted by Crippen LogP contribution is -2.53. The van der Waals surface area contributed by atoms with E-state index in [0.717, 1.165) is 11.1 Å². The SMILES string of the molecule is NC(N)=NCCC[C@@H](NC(=O)C1CCN(C(=O)[C@@H](Cc2ccccc2)NC(=O)OCc2ccccc2)CC1)C(=O)O. The molecule has 0 saturated carbocycles. The average molecular weight is 567 g/mol. The van der Waals surface area contributed by atoms with Crippen molar-refractivity contribution in [1.82, 2.24) is 15.5 Å². The first-order chi connectivity index (χ1) is 19.7. The first-order valence-electron chi connectivity index (χ1n) is 13.6. The summed E-state index contributed by atoms with van der Waals surface area (Å²) in [6, 6.07) is 16.7. The Morgan fingerprint density at radius 1 is 0.927 bits per heavy atom. The summed E-state index contributed by atoms with van der Waals surface area (Å²) in [5, 5.41) is 14.8. The van der Waals surface area contributed by atoms with Crippen LogP contribution in [0.2, 0.25) is 0 Å². The summed E-state index contributed by atoms with van der Waals surface area (Å²) in [7, 11) is 0. The molecule has 0 bridgehead atoms. The number of aliphatic imine (C=N–C) groups is 1. The molecule has 41 heavy (non-hydrogen) atoms. The summed E-state index contributed by atoms with van der Waals surface area (Å²) in [6.45, 7) is 0.932. The third kappa shape index (κ3) is 10.5. The Labute approximate surface area is 239 Å². The highest BCUT2D eigenvalue weighted by Gasteiger charge is 2.33. The van der Waals surface area contributed by atoms with Gasteiger partial charge in [0.15, 0.2) is 5.96 Å². The number of carboxylic acid groups (broad SMARTS) is 1. The smallest absolute Gasteiger partial charge is 0.408 e. The van der Waals surface area contributed by atoms with Gasteiger partial charge >= 0.3 is 12.1 Å². The van der Waals surface area contributed by atoms with Gasteiger partial charge in [-0.25, -0.2) is 9.59 Å². The normalized spacial score (nSPS) is 14.8. The number of hydrogen-bond donors (Lipinski definition) is 5. The van der Waals surface area contributed by atoms with Crippen LogP contribution in [0.15, 0.2) is 65.7 Å². The second-order valence-corrected chi connectivity index (χ2v) is 9.90. The highest BCUT2D eigenvalue weighted by atomic mass is 16.5. The highest BCUT2D eigenvalue weighted by Crippen LogP contribution is 2.20. The Morgan fingerprint density at radius 2 is 1.54 bits per heavy atom. The van der Waals surface area contributed by atoms with Gasteiger partial charge in [-0.2, -0.15) is 0 Å². The minimum Gasteiger partial charge on any atom is -0.480 e. The van der Waals surface area contributed by atoms with Crippen LogP contribution in [0.5, 0.6) is 0 Å². The van der Waals surface area contributed by atoms with Crippen LogP contribution in [0.3, 0.4) is 0 Å². The molecule has 12 heteroatoms. The number of nitrogens with zero attached hydrogens (tertiary/aromatic N) is 2. The summed E-state index contributed by atoms with van der Waals surface area (Å²) < 4.78 is 5.34. The summed E-state index contributed by atoms with van der Waals surface area (Å²) in [5.74, 6) is -2.28. The van der Waals surface area contributed by atoms with Gasteiger partial charge < -0.3 is 36.8 Å². The van der Waals surface area contributed by atoms with E-state index in [9.17, 15) is 24.3 Å². The van der Waals surface area contributed by atoms with Crippen LogP contribution in [0.4, 0.5) is 4.79 Å². The zero-order valence-electron chi connectivity index (χ0n) is 22.9. The second kappa shape index (κ2) is 15.8. The molecule has 0 unspecified atom stereocenters.